The van der Waals surface area contributed by atoms with Crippen LogP contribution in [-0.4, -0.2) is 55.5 Å². The number of carbonyl (C=O) groups excluding carboxylic acids is 1. The normalized spacial score (nSPS) is 27.3. The van der Waals surface area contributed by atoms with Crippen molar-refractivity contribution in [3.8, 4) is 0 Å². The first-order valence-corrected chi connectivity index (χ1v) is 13.2. The number of halogens is 2. The van der Waals surface area contributed by atoms with Crippen molar-refractivity contribution < 1.29 is 13.6 Å². The highest BCUT2D eigenvalue weighted by Crippen LogP contribution is 2.59. The molecule has 0 spiro atoms. The van der Waals surface area contributed by atoms with Gasteiger partial charge in [-0.1, -0.05) is 24.6 Å². The zero-order valence-corrected chi connectivity index (χ0v) is 21.4. The Balaban J connectivity index is 1.12. The van der Waals surface area contributed by atoms with Crippen LogP contribution in [0, 0.1) is 24.7 Å². The van der Waals surface area contributed by atoms with Crippen LogP contribution < -0.4 is 10.2 Å². The van der Waals surface area contributed by atoms with Gasteiger partial charge in [-0.05, 0) is 37.7 Å². The van der Waals surface area contributed by atoms with E-state index in [0.717, 1.165) is 30.5 Å². The number of amides is 1. The second-order valence-electron chi connectivity index (χ2n) is 11.2. The molecule has 1 saturated heterocycles. The van der Waals surface area contributed by atoms with Gasteiger partial charge in [0.2, 0.25) is 5.95 Å². The number of allylic oxidation sites excluding steroid dienone is 2. The number of aromatic nitrogens is 5. The summed E-state index contributed by atoms with van der Waals surface area (Å²) in [6, 6.07) is 0.0296. The Morgan fingerprint density at radius 2 is 2.00 bits per heavy atom. The molecule has 0 radical (unpaired) electrons. The molecule has 2 fully saturated rings. The van der Waals surface area contributed by atoms with E-state index in [0.29, 0.717) is 48.1 Å². The molecule has 3 aromatic rings. The molecule has 0 bridgehead atoms. The average molecular weight is 518 g/mol. The molecule has 7 rings (SSSR count). The van der Waals surface area contributed by atoms with Gasteiger partial charge in [0.25, 0.3) is 11.8 Å². The van der Waals surface area contributed by atoms with Gasteiger partial charge in [-0.2, -0.15) is 0 Å². The summed E-state index contributed by atoms with van der Waals surface area (Å²) in [4.78, 5) is 33.0. The summed E-state index contributed by atoms with van der Waals surface area (Å²) in [5.74, 6) is -2.94. The molecule has 1 amide bonds. The van der Waals surface area contributed by atoms with E-state index in [9.17, 15) is 13.6 Å². The number of hydrogen-bond acceptors (Lipinski definition) is 6. The molecule has 1 aliphatic heterocycles. The number of piperidine rings is 1. The molecule has 3 aromatic heterocycles. The minimum Gasteiger partial charge on any atom is -0.345 e. The fraction of sp³-hybridized carbons (Fsp3) is 0.464. The van der Waals surface area contributed by atoms with Crippen molar-refractivity contribution in [3.63, 3.8) is 0 Å². The highest BCUT2D eigenvalue weighted by atomic mass is 19.3. The highest BCUT2D eigenvalue weighted by molar-refractivity contribution is 6.06. The van der Waals surface area contributed by atoms with Crippen molar-refractivity contribution in [2.24, 2.45) is 17.8 Å². The van der Waals surface area contributed by atoms with Crippen molar-refractivity contribution in [2.75, 3.05) is 18.0 Å². The van der Waals surface area contributed by atoms with E-state index in [1.807, 2.05) is 22.6 Å². The molecule has 38 heavy (non-hydrogen) atoms. The molecule has 4 heterocycles. The number of carbonyl (C=O) groups is 1. The molecule has 0 aromatic carbocycles. The second-order valence-corrected chi connectivity index (χ2v) is 11.2. The molecular weight excluding hydrogens is 488 g/mol. The zero-order valence-electron chi connectivity index (χ0n) is 21.4. The van der Waals surface area contributed by atoms with E-state index in [-0.39, 0.29) is 11.9 Å². The van der Waals surface area contributed by atoms with Crippen LogP contribution in [0.3, 0.4) is 0 Å². The summed E-state index contributed by atoms with van der Waals surface area (Å²) in [5, 5.41) is 3.94. The van der Waals surface area contributed by atoms with Crippen molar-refractivity contribution in [2.45, 2.75) is 51.6 Å². The van der Waals surface area contributed by atoms with Crippen LogP contribution in [0.1, 0.15) is 47.8 Å². The predicted molar refractivity (Wildman–Crippen MR) is 138 cm³/mol. The van der Waals surface area contributed by atoms with Gasteiger partial charge in [0.15, 0.2) is 0 Å². The lowest BCUT2D eigenvalue weighted by Gasteiger charge is -2.20. The quantitative estimate of drug-likeness (QED) is 0.514. The lowest BCUT2D eigenvalue weighted by Crippen LogP contribution is -2.34. The Morgan fingerprint density at radius 1 is 1.21 bits per heavy atom. The van der Waals surface area contributed by atoms with E-state index in [4.69, 9.17) is 0 Å². The van der Waals surface area contributed by atoms with Gasteiger partial charge in [-0.3, -0.25) is 4.79 Å². The van der Waals surface area contributed by atoms with Gasteiger partial charge in [0.1, 0.15) is 12.0 Å². The molecule has 4 aliphatic rings. The third-order valence-electron chi connectivity index (χ3n) is 9.07. The Kier molecular flexibility index (Phi) is 5.03. The van der Waals surface area contributed by atoms with Crippen molar-refractivity contribution >= 4 is 22.9 Å². The molecule has 3 aliphatic carbocycles. The zero-order chi connectivity index (χ0) is 26.3. The molecule has 10 heteroatoms. The first-order valence-electron chi connectivity index (χ1n) is 13.2. The maximum absolute atomic E-state index is 13.6. The van der Waals surface area contributed by atoms with E-state index < -0.39 is 17.8 Å². The monoisotopic (exact) mass is 517 g/mol. The Bertz CT molecular complexity index is 1530. The predicted octanol–water partition coefficient (Wildman–Crippen LogP) is 4.06. The van der Waals surface area contributed by atoms with Crippen LogP contribution in [0.25, 0.3) is 11.0 Å². The summed E-state index contributed by atoms with van der Waals surface area (Å²) in [6.45, 7) is 9.30. The van der Waals surface area contributed by atoms with Crippen LogP contribution in [0.4, 0.5) is 14.7 Å². The lowest BCUT2D eigenvalue weighted by atomic mass is 9.97. The smallest absolute Gasteiger partial charge is 0.258 e. The van der Waals surface area contributed by atoms with Crippen LogP contribution in [0.2, 0.25) is 0 Å². The molecule has 4 atom stereocenters. The van der Waals surface area contributed by atoms with Gasteiger partial charge in [0.05, 0.1) is 35.4 Å². The van der Waals surface area contributed by atoms with Gasteiger partial charge < -0.3 is 14.8 Å². The first-order chi connectivity index (χ1) is 18.2. The van der Waals surface area contributed by atoms with Gasteiger partial charge in [-0.25, -0.2) is 28.7 Å². The standard InChI is InChI=1S/C28H29F2N7O/c1-14-6-19-18(15(14)2)4-5-24(19)35-26(38)21-10-36(25-20(21)8-31-13-33-25)9-17-7-32-27(34-16(17)3)37-11-22-23(12-37)28(22,29)30/h7-8,10,13,15,22-24H,1,4-6,9,11-12H2,2-3H3,(H,35,38)/t15?,22?,23?,24-/m1/s1. The molecule has 1 saturated carbocycles. The minimum absolute atomic E-state index is 0.0296. The number of nitrogens with zero attached hydrogens (tertiary/aromatic N) is 6. The third kappa shape index (κ3) is 3.49. The van der Waals surface area contributed by atoms with E-state index in [1.54, 1.807) is 12.4 Å². The van der Waals surface area contributed by atoms with E-state index in [2.05, 4.69) is 38.8 Å². The molecule has 196 valence electrons. The number of rotatable bonds is 5. The van der Waals surface area contributed by atoms with Crippen molar-refractivity contribution in [1.82, 2.24) is 29.8 Å². The maximum Gasteiger partial charge on any atom is 0.258 e. The fourth-order valence-electron chi connectivity index (χ4n) is 6.60. The van der Waals surface area contributed by atoms with Crippen LogP contribution in [-0.2, 0) is 6.54 Å². The van der Waals surface area contributed by atoms with Gasteiger partial charge >= 0.3 is 0 Å². The van der Waals surface area contributed by atoms with Crippen molar-refractivity contribution in [3.05, 3.63) is 65.0 Å². The lowest BCUT2D eigenvalue weighted by molar-refractivity contribution is 0.0796. The number of anilines is 1. The molecule has 3 unspecified atom stereocenters. The number of fused-ring (bicyclic) bond motifs is 2. The summed E-state index contributed by atoms with van der Waals surface area (Å²) in [5.41, 5.74) is 6.81. The topological polar surface area (TPSA) is 88.8 Å². The Morgan fingerprint density at radius 3 is 2.76 bits per heavy atom. The maximum atomic E-state index is 13.6. The fourth-order valence-corrected chi connectivity index (χ4v) is 6.60. The number of aryl methyl sites for hydroxylation is 1. The number of alkyl halides is 2. The number of nitrogens with one attached hydrogen (secondary N) is 1. The molecule has 1 N–H and O–H groups in total. The SMILES string of the molecule is C=C1CC2=C(CC[C@H]2NC(=O)c2cn(Cc3cnc(N4CC5C(C4)C5(F)F)nc3C)c3ncncc23)C1C. The molecule has 8 nitrogen and oxygen atoms in total. The van der Waals surface area contributed by atoms with Crippen molar-refractivity contribution in [1.29, 1.82) is 0 Å². The summed E-state index contributed by atoms with van der Waals surface area (Å²) in [7, 11) is 0. The Labute approximate surface area is 218 Å². The second kappa shape index (κ2) is 8.15. The van der Waals surface area contributed by atoms with E-state index in [1.165, 1.54) is 23.0 Å². The van der Waals surface area contributed by atoms with Gasteiger partial charge in [-0.15, -0.1) is 0 Å². The van der Waals surface area contributed by atoms with Gasteiger partial charge in [0, 0.05) is 42.9 Å². The minimum atomic E-state index is -2.53. The summed E-state index contributed by atoms with van der Waals surface area (Å²) in [6.07, 6.45) is 9.49. The van der Waals surface area contributed by atoms with Crippen LogP contribution in [0.5, 0.6) is 0 Å². The van der Waals surface area contributed by atoms with E-state index >= 15 is 0 Å². The number of hydrogen-bond donors (Lipinski definition) is 1. The summed E-state index contributed by atoms with van der Waals surface area (Å²) < 4.78 is 29.1. The third-order valence-corrected chi connectivity index (χ3v) is 9.07. The van der Waals surface area contributed by atoms with Crippen LogP contribution in [0.15, 0.2) is 48.2 Å². The average Bonchev–Trinajstić information content (AvgIpc) is 3.47. The first kappa shape index (κ1) is 23.4. The molecular formula is C28H29F2N7O. The summed E-state index contributed by atoms with van der Waals surface area (Å²) >= 11 is 0. The van der Waals surface area contributed by atoms with Crippen LogP contribution >= 0.6 is 0 Å². The largest absolute Gasteiger partial charge is 0.345 e. The highest BCUT2D eigenvalue weighted by Gasteiger charge is 2.72. The Hall–Kier alpha value is -3.69.